The first-order valence-corrected chi connectivity index (χ1v) is 26.3. The first-order valence-electron chi connectivity index (χ1n) is 25.5. The lowest BCUT2D eigenvalue weighted by Crippen LogP contribution is -2.33. The van der Waals surface area contributed by atoms with Crippen LogP contribution in [0.25, 0.3) is 96.6 Å². The lowest BCUT2D eigenvalue weighted by Gasteiger charge is -2.42. The summed E-state index contributed by atoms with van der Waals surface area (Å²) in [6.45, 7) is 0. The van der Waals surface area contributed by atoms with E-state index in [1.807, 2.05) is 11.3 Å². The van der Waals surface area contributed by atoms with Gasteiger partial charge in [0.25, 0.3) is 0 Å². The molecule has 0 amide bonds. The van der Waals surface area contributed by atoms with Crippen LogP contribution in [-0.4, -0.2) is 0 Å². The summed E-state index contributed by atoms with van der Waals surface area (Å²) in [4.78, 5) is 2.43. The lowest BCUT2D eigenvalue weighted by atomic mass is 9.63. The Bertz CT molecular complexity index is 4510. The van der Waals surface area contributed by atoms with E-state index in [1.54, 1.807) is 0 Å². The number of para-hydroxylation sites is 1. The summed E-state index contributed by atoms with van der Waals surface area (Å²) >= 11 is 1.88. The van der Waals surface area contributed by atoms with Crippen LogP contribution < -0.4 is 9.64 Å². The molecule has 74 heavy (non-hydrogen) atoms. The van der Waals surface area contributed by atoms with Crippen molar-refractivity contribution in [3.63, 3.8) is 0 Å². The molecule has 2 nitrogen and oxygen atoms in total. The number of ether oxygens (including phenoxy) is 1. The molecule has 2 aliphatic rings. The van der Waals surface area contributed by atoms with E-state index in [0.29, 0.717) is 0 Å². The Morgan fingerprint density at radius 1 is 0.324 bits per heavy atom. The second-order valence-electron chi connectivity index (χ2n) is 19.7. The summed E-state index contributed by atoms with van der Waals surface area (Å²) in [5, 5.41) is 12.0. The summed E-state index contributed by atoms with van der Waals surface area (Å²) in [5.41, 5.74) is 14.9. The maximum absolute atomic E-state index is 7.67. The number of nitrogens with zero attached hydrogens (tertiary/aromatic N) is 1. The van der Waals surface area contributed by atoms with Gasteiger partial charge in [-0.1, -0.05) is 224 Å². The molecule has 1 aliphatic heterocycles. The first kappa shape index (κ1) is 41.3. The van der Waals surface area contributed by atoms with Gasteiger partial charge in [0, 0.05) is 48.7 Å². The molecule has 0 atom stereocenters. The van der Waals surface area contributed by atoms with Crippen molar-refractivity contribution in [2.75, 3.05) is 4.90 Å². The molecule has 0 radical (unpaired) electrons. The summed E-state index contributed by atoms with van der Waals surface area (Å²) in [7, 11) is 0. The van der Waals surface area contributed by atoms with Crippen molar-refractivity contribution in [1.29, 1.82) is 0 Å². The van der Waals surface area contributed by atoms with E-state index in [-0.39, 0.29) is 0 Å². The second kappa shape index (κ2) is 15.9. The van der Waals surface area contributed by atoms with Crippen molar-refractivity contribution in [2.24, 2.45) is 0 Å². The molecule has 2 heterocycles. The Kier molecular flexibility index (Phi) is 8.86. The minimum Gasteiger partial charge on any atom is -0.455 e. The highest BCUT2D eigenvalue weighted by atomic mass is 32.1. The Morgan fingerprint density at radius 3 is 1.45 bits per heavy atom. The molecular weight excluding hydrogens is 915 g/mol. The minimum absolute atomic E-state index is 0.762. The van der Waals surface area contributed by atoms with Gasteiger partial charge in [-0.15, -0.1) is 11.3 Å². The second-order valence-corrected chi connectivity index (χ2v) is 20.8. The van der Waals surface area contributed by atoms with E-state index < -0.39 is 5.41 Å². The molecule has 1 spiro atoms. The van der Waals surface area contributed by atoms with E-state index in [9.17, 15) is 0 Å². The number of rotatable bonds is 5. The topological polar surface area (TPSA) is 12.5 Å². The van der Waals surface area contributed by atoms with Crippen LogP contribution in [0.2, 0.25) is 0 Å². The molecule has 16 rings (SSSR count). The third-order valence-corrected chi connectivity index (χ3v) is 17.3. The van der Waals surface area contributed by atoms with Crippen molar-refractivity contribution in [1.82, 2.24) is 0 Å². The summed E-state index contributed by atoms with van der Waals surface area (Å²) in [5.74, 6) is 1.85. The molecule has 0 saturated carbocycles. The van der Waals surface area contributed by atoms with Gasteiger partial charge in [-0.05, 0) is 113 Å². The van der Waals surface area contributed by atoms with Gasteiger partial charge >= 0.3 is 0 Å². The van der Waals surface area contributed by atoms with Crippen LogP contribution >= 0.6 is 11.3 Å². The molecule has 0 N–H and O–H groups in total. The monoisotopic (exact) mass is 957 g/mol. The SMILES string of the molecule is c1ccc(-c2ccc(N(c3ccccc3)c3cccc4c3sc3cccc(-c5cccc6c5-c5ccccc5C65c6c(c7ccccc7c7ccccc67)Oc6c5c5ccccc5c5ccccc65)c34)cc2)cc1. The van der Waals surface area contributed by atoms with Crippen molar-refractivity contribution >= 4 is 91.7 Å². The van der Waals surface area contributed by atoms with Gasteiger partial charge in [-0.2, -0.15) is 0 Å². The van der Waals surface area contributed by atoms with E-state index in [0.717, 1.165) is 39.3 Å². The number of anilines is 3. The van der Waals surface area contributed by atoms with Crippen molar-refractivity contribution in [2.45, 2.75) is 5.41 Å². The average molecular weight is 958 g/mol. The molecule has 13 aromatic carbocycles. The zero-order chi connectivity index (χ0) is 48.5. The summed E-state index contributed by atoms with van der Waals surface area (Å²) < 4.78 is 10.2. The van der Waals surface area contributed by atoms with E-state index in [4.69, 9.17) is 4.74 Å². The molecule has 3 heteroatoms. The van der Waals surface area contributed by atoms with Crippen LogP contribution in [0.15, 0.2) is 261 Å². The van der Waals surface area contributed by atoms with E-state index >= 15 is 0 Å². The van der Waals surface area contributed by atoms with Crippen LogP contribution in [0.5, 0.6) is 11.5 Å². The number of fused-ring (bicyclic) bond motifs is 22. The van der Waals surface area contributed by atoms with Gasteiger partial charge in [0.1, 0.15) is 11.5 Å². The highest BCUT2D eigenvalue weighted by molar-refractivity contribution is 7.26. The van der Waals surface area contributed by atoms with Crippen molar-refractivity contribution < 1.29 is 4.74 Å². The molecule has 344 valence electrons. The molecule has 0 bridgehead atoms. The van der Waals surface area contributed by atoms with Crippen molar-refractivity contribution in [3.05, 3.63) is 283 Å². The summed E-state index contributed by atoms with van der Waals surface area (Å²) in [6, 6.07) is 96.3. The predicted molar refractivity (Wildman–Crippen MR) is 312 cm³/mol. The van der Waals surface area contributed by atoms with Crippen LogP contribution in [0.4, 0.5) is 17.1 Å². The van der Waals surface area contributed by atoms with Gasteiger partial charge in [-0.3, -0.25) is 0 Å². The smallest absolute Gasteiger partial charge is 0.140 e. The normalized spacial score (nSPS) is 13.1. The Hall–Kier alpha value is -9.28. The van der Waals surface area contributed by atoms with Crippen LogP contribution in [-0.2, 0) is 5.41 Å². The van der Waals surface area contributed by atoms with Crippen molar-refractivity contribution in [3.8, 4) is 44.9 Å². The first-order chi connectivity index (χ1) is 36.8. The summed E-state index contributed by atoms with van der Waals surface area (Å²) in [6.07, 6.45) is 0. The lowest BCUT2D eigenvalue weighted by molar-refractivity contribution is 0.451. The molecule has 1 aromatic heterocycles. The van der Waals surface area contributed by atoms with Crippen LogP contribution in [0.3, 0.4) is 0 Å². The Labute approximate surface area is 432 Å². The fourth-order valence-electron chi connectivity index (χ4n) is 13.2. The molecule has 14 aromatic rings. The fraction of sp³-hybridized carbons (Fsp3) is 0.0141. The van der Waals surface area contributed by atoms with Gasteiger partial charge in [0.2, 0.25) is 0 Å². The van der Waals surface area contributed by atoms with Gasteiger partial charge in [-0.25, -0.2) is 0 Å². The Morgan fingerprint density at radius 2 is 0.784 bits per heavy atom. The van der Waals surface area contributed by atoms with Gasteiger partial charge in [0.05, 0.1) is 15.8 Å². The maximum Gasteiger partial charge on any atom is 0.140 e. The third kappa shape index (κ3) is 5.65. The van der Waals surface area contributed by atoms with Crippen LogP contribution in [0.1, 0.15) is 22.3 Å². The molecule has 0 fully saturated rings. The van der Waals surface area contributed by atoms with Crippen LogP contribution in [0, 0.1) is 0 Å². The standard InChI is InChI=1S/C71H43NOS/c1-3-20-44(21-4-1)45-40-42-47(43-41-45)72(46-22-5-2-6-23-46)62-38-18-35-59-65-53(34-19-39-63(65)74-70(59)62)52-33-17-37-61-64(52)58-32-15-16-36-60(58)71(61)66-54-28-11-7-24-48(54)50-26-9-13-30-56(50)68(66)73-69-57-31-14-10-27-51(57)49-25-8-12-29-55(49)67(69)71/h1-43H. The largest absolute Gasteiger partial charge is 0.455 e. The Balaban J connectivity index is 0.992. The zero-order valence-electron chi connectivity index (χ0n) is 40.1. The average Bonchev–Trinajstić information content (AvgIpc) is 4.01. The highest BCUT2D eigenvalue weighted by Crippen LogP contribution is 2.68. The molecule has 1 aliphatic carbocycles. The number of hydrogen-bond acceptors (Lipinski definition) is 3. The highest BCUT2D eigenvalue weighted by Gasteiger charge is 2.54. The quantitative estimate of drug-likeness (QED) is 0.159. The van der Waals surface area contributed by atoms with E-state index in [2.05, 4.69) is 266 Å². The molecular formula is C71H43NOS. The fourth-order valence-corrected chi connectivity index (χ4v) is 14.4. The number of hydrogen-bond donors (Lipinski definition) is 0. The maximum atomic E-state index is 7.67. The number of benzene rings is 13. The molecule has 0 unspecified atom stereocenters. The van der Waals surface area contributed by atoms with Gasteiger partial charge in [0.15, 0.2) is 0 Å². The third-order valence-electron chi connectivity index (χ3n) is 16.1. The predicted octanol–water partition coefficient (Wildman–Crippen LogP) is 19.9. The zero-order valence-corrected chi connectivity index (χ0v) is 40.9. The molecule has 0 saturated heterocycles. The van der Waals surface area contributed by atoms with E-state index in [1.165, 1.54) is 108 Å². The minimum atomic E-state index is -0.762. The number of thiophene rings is 1. The van der Waals surface area contributed by atoms with Gasteiger partial charge < -0.3 is 9.64 Å².